The van der Waals surface area contributed by atoms with Gasteiger partial charge in [0.1, 0.15) is 5.82 Å². The second-order valence-electron chi connectivity index (χ2n) is 8.33. The van der Waals surface area contributed by atoms with Gasteiger partial charge in [-0.25, -0.2) is 4.39 Å². The summed E-state index contributed by atoms with van der Waals surface area (Å²) in [4.78, 5) is 0. The monoisotopic (exact) mass is 424 g/mol. The largest absolute Gasteiger partial charge is 0.206 e. The number of halogens is 1. The molecule has 0 bridgehead atoms. The van der Waals surface area contributed by atoms with Crippen LogP contribution in [0.5, 0.6) is 0 Å². The van der Waals surface area contributed by atoms with E-state index in [9.17, 15) is 4.39 Å². The Morgan fingerprint density at radius 1 is 0.364 bits per heavy atom. The van der Waals surface area contributed by atoms with Gasteiger partial charge in [-0.1, -0.05) is 115 Å². The van der Waals surface area contributed by atoms with Crippen LogP contribution in [0, 0.1) is 5.82 Å². The van der Waals surface area contributed by atoms with Crippen molar-refractivity contribution in [3.8, 4) is 33.4 Å². The van der Waals surface area contributed by atoms with E-state index in [0.29, 0.717) is 5.56 Å². The number of fused-ring (bicyclic) bond motifs is 2. The molecule has 0 aromatic heterocycles. The Morgan fingerprint density at radius 2 is 0.939 bits per heavy atom. The molecule has 0 unspecified atom stereocenters. The van der Waals surface area contributed by atoms with Crippen molar-refractivity contribution < 1.29 is 4.39 Å². The normalized spacial score (nSPS) is 11.2. The first-order valence-corrected chi connectivity index (χ1v) is 11.1. The van der Waals surface area contributed by atoms with Crippen LogP contribution < -0.4 is 0 Å². The maximum Gasteiger partial charge on any atom is 0.131 e. The molecule has 0 aliphatic rings. The first-order chi connectivity index (χ1) is 16.3. The zero-order valence-corrected chi connectivity index (χ0v) is 18.0. The molecule has 6 rings (SSSR count). The van der Waals surface area contributed by atoms with E-state index in [1.54, 1.807) is 6.07 Å². The SMILES string of the molecule is Fc1ccccc1-c1ccc(-c2ccc(-c3ccc4ccccc4c3)cc2)c2ccccc12. The predicted octanol–water partition coefficient (Wildman–Crippen LogP) is 9.13. The van der Waals surface area contributed by atoms with Crippen molar-refractivity contribution in [3.05, 3.63) is 133 Å². The fourth-order valence-corrected chi connectivity index (χ4v) is 4.68. The number of benzene rings is 6. The third-order valence-electron chi connectivity index (χ3n) is 6.37. The average Bonchev–Trinajstić information content (AvgIpc) is 2.88. The highest BCUT2D eigenvalue weighted by Crippen LogP contribution is 2.37. The lowest BCUT2D eigenvalue weighted by molar-refractivity contribution is 0.631. The van der Waals surface area contributed by atoms with Crippen LogP contribution in [0.3, 0.4) is 0 Å². The fraction of sp³-hybridized carbons (Fsp3) is 0. The topological polar surface area (TPSA) is 0 Å². The molecule has 0 radical (unpaired) electrons. The minimum atomic E-state index is -0.199. The van der Waals surface area contributed by atoms with E-state index >= 15 is 0 Å². The summed E-state index contributed by atoms with van der Waals surface area (Å²) < 4.78 is 14.5. The molecule has 6 aromatic rings. The van der Waals surface area contributed by atoms with Gasteiger partial charge < -0.3 is 0 Å². The van der Waals surface area contributed by atoms with Gasteiger partial charge in [0.05, 0.1) is 0 Å². The Morgan fingerprint density at radius 3 is 1.73 bits per heavy atom. The lowest BCUT2D eigenvalue weighted by Gasteiger charge is -2.13. The summed E-state index contributed by atoms with van der Waals surface area (Å²) >= 11 is 0. The van der Waals surface area contributed by atoms with E-state index < -0.39 is 0 Å². The van der Waals surface area contributed by atoms with Crippen LogP contribution in [0.25, 0.3) is 54.9 Å². The predicted molar refractivity (Wildman–Crippen MR) is 138 cm³/mol. The van der Waals surface area contributed by atoms with E-state index in [2.05, 4.69) is 84.9 Å². The van der Waals surface area contributed by atoms with E-state index in [4.69, 9.17) is 0 Å². The average molecular weight is 425 g/mol. The number of hydrogen-bond donors (Lipinski definition) is 0. The molecule has 0 aliphatic heterocycles. The van der Waals surface area contributed by atoms with Crippen LogP contribution >= 0.6 is 0 Å². The lowest BCUT2D eigenvalue weighted by atomic mass is 9.91. The molecule has 0 nitrogen and oxygen atoms in total. The zero-order chi connectivity index (χ0) is 22.2. The van der Waals surface area contributed by atoms with Gasteiger partial charge in [-0.2, -0.15) is 0 Å². The highest BCUT2D eigenvalue weighted by Gasteiger charge is 2.12. The van der Waals surface area contributed by atoms with Crippen molar-refractivity contribution in [1.29, 1.82) is 0 Å². The summed E-state index contributed by atoms with van der Waals surface area (Å²) in [6.45, 7) is 0. The minimum Gasteiger partial charge on any atom is -0.206 e. The van der Waals surface area contributed by atoms with Gasteiger partial charge in [0.25, 0.3) is 0 Å². The Hall–Kier alpha value is -4.23. The van der Waals surface area contributed by atoms with Gasteiger partial charge in [0.15, 0.2) is 0 Å². The van der Waals surface area contributed by atoms with Crippen molar-refractivity contribution >= 4 is 21.5 Å². The summed E-state index contributed by atoms with van der Waals surface area (Å²) in [6, 6.07) is 43.1. The molecule has 0 heterocycles. The summed E-state index contributed by atoms with van der Waals surface area (Å²) in [5.41, 5.74) is 6.25. The van der Waals surface area contributed by atoms with E-state index in [-0.39, 0.29) is 5.82 Å². The van der Waals surface area contributed by atoms with Crippen molar-refractivity contribution in [3.63, 3.8) is 0 Å². The molecule has 0 saturated carbocycles. The van der Waals surface area contributed by atoms with Crippen LogP contribution in [0.4, 0.5) is 4.39 Å². The van der Waals surface area contributed by atoms with E-state index in [1.807, 2.05) is 30.3 Å². The van der Waals surface area contributed by atoms with Crippen molar-refractivity contribution in [2.24, 2.45) is 0 Å². The van der Waals surface area contributed by atoms with Gasteiger partial charge in [-0.3, -0.25) is 0 Å². The molecule has 0 spiro atoms. The third-order valence-corrected chi connectivity index (χ3v) is 6.37. The van der Waals surface area contributed by atoms with E-state index in [1.165, 1.54) is 28.0 Å². The third kappa shape index (κ3) is 3.48. The smallest absolute Gasteiger partial charge is 0.131 e. The Balaban J connectivity index is 1.43. The van der Waals surface area contributed by atoms with Crippen LogP contribution in [0.2, 0.25) is 0 Å². The standard InChI is InChI=1S/C32H21F/c33-32-12-6-5-11-31(32)30-20-19-27(28-9-3-4-10-29(28)30)24-16-13-23(14-17-24)26-18-15-22-7-1-2-8-25(22)21-26/h1-21H. The van der Waals surface area contributed by atoms with Crippen molar-refractivity contribution in [2.75, 3.05) is 0 Å². The van der Waals surface area contributed by atoms with Crippen molar-refractivity contribution in [1.82, 2.24) is 0 Å². The minimum absolute atomic E-state index is 0.199. The lowest BCUT2D eigenvalue weighted by Crippen LogP contribution is -1.88. The highest BCUT2D eigenvalue weighted by atomic mass is 19.1. The molecule has 6 aromatic carbocycles. The van der Waals surface area contributed by atoms with Gasteiger partial charge in [-0.15, -0.1) is 0 Å². The Labute approximate surface area is 192 Å². The van der Waals surface area contributed by atoms with Crippen LogP contribution in [-0.2, 0) is 0 Å². The quantitative estimate of drug-likeness (QED) is 0.266. The van der Waals surface area contributed by atoms with Gasteiger partial charge >= 0.3 is 0 Å². The molecular formula is C32H21F. The molecule has 0 fully saturated rings. The molecule has 1 heteroatoms. The maximum atomic E-state index is 14.5. The summed E-state index contributed by atoms with van der Waals surface area (Å²) in [6.07, 6.45) is 0. The summed E-state index contributed by atoms with van der Waals surface area (Å²) in [5, 5.41) is 4.67. The van der Waals surface area contributed by atoms with Crippen LogP contribution in [0.15, 0.2) is 127 Å². The summed E-state index contributed by atoms with van der Waals surface area (Å²) in [5.74, 6) is -0.199. The second kappa shape index (κ2) is 8.03. The fourth-order valence-electron chi connectivity index (χ4n) is 4.68. The molecule has 33 heavy (non-hydrogen) atoms. The molecule has 0 aliphatic carbocycles. The molecular weight excluding hydrogens is 403 g/mol. The van der Waals surface area contributed by atoms with Crippen LogP contribution in [0.1, 0.15) is 0 Å². The van der Waals surface area contributed by atoms with E-state index in [0.717, 1.165) is 27.5 Å². The molecule has 0 saturated heterocycles. The van der Waals surface area contributed by atoms with Gasteiger partial charge in [0, 0.05) is 5.56 Å². The van der Waals surface area contributed by atoms with Crippen molar-refractivity contribution in [2.45, 2.75) is 0 Å². The first kappa shape index (κ1) is 19.5. The Bertz CT molecular complexity index is 1610. The molecule has 156 valence electrons. The summed E-state index contributed by atoms with van der Waals surface area (Å²) in [7, 11) is 0. The van der Waals surface area contributed by atoms with Gasteiger partial charge in [-0.05, 0) is 61.5 Å². The van der Waals surface area contributed by atoms with Gasteiger partial charge in [0.2, 0.25) is 0 Å². The number of rotatable bonds is 3. The van der Waals surface area contributed by atoms with Crippen LogP contribution in [-0.4, -0.2) is 0 Å². The number of hydrogen-bond acceptors (Lipinski definition) is 0. The Kier molecular flexibility index (Phi) is 4.74. The highest BCUT2D eigenvalue weighted by molar-refractivity contribution is 6.05. The second-order valence-corrected chi connectivity index (χ2v) is 8.33. The maximum absolute atomic E-state index is 14.5. The molecule has 0 atom stereocenters. The molecule has 0 N–H and O–H groups in total. The first-order valence-electron chi connectivity index (χ1n) is 11.1. The zero-order valence-electron chi connectivity index (χ0n) is 18.0. The molecule has 0 amide bonds.